The first-order valence-corrected chi connectivity index (χ1v) is 9.11. The molecule has 0 saturated carbocycles. The van der Waals surface area contributed by atoms with Gasteiger partial charge in [0.25, 0.3) is 0 Å². The van der Waals surface area contributed by atoms with Gasteiger partial charge in [-0.05, 0) is 55.0 Å². The number of benzene rings is 2. The number of rotatable bonds is 6. The summed E-state index contributed by atoms with van der Waals surface area (Å²) in [6.07, 6.45) is 0. The van der Waals surface area contributed by atoms with Crippen molar-refractivity contribution in [3.63, 3.8) is 0 Å². The number of nitrogens with zero attached hydrogens (tertiary/aromatic N) is 2. The van der Waals surface area contributed by atoms with E-state index >= 15 is 0 Å². The molecule has 0 bridgehead atoms. The molecule has 1 atom stereocenters. The summed E-state index contributed by atoms with van der Waals surface area (Å²) in [6.45, 7) is 1.93. The molecule has 1 heterocycles. The van der Waals surface area contributed by atoms with Crippen molar-refractivity contribution in [3.8, 4) is 17.1 Å². The van der Waals surface area contributed by atoms with Crippen LogP contribution in [0.5, 0.6) is 5.75 Å². The number of halogens is 1. The maximum absolute atomic E-state index is 12.6. The van der Waals surface area contributed by atoms with Gasteiger partial charge in [-0.1, -0.05) is 29.8 Å². The van der Waals surface area contributed by atoms with E-state index in [1.165, 1.54) is 0 Å². The number of nitrogens with one attached hydrogen (secondary N) is 2. The van der Waals surface area contributed by atoms with Crippen LogP contribution < -0.4 is 10.1 Å². The Morgan fingerprint density at radius 2 is 2.00 bits per heavy atom. The quantitative estimate of drug-likeness (QED) is 0.607. The van der Waals surface area contributed by atoms with E-state index in [0.29, 0.717) is 15.6 Å². The first kappa shape index (κ1) is 19.1. The second kappa shape index (κ2) is 8.37. The standard InChI is InChI=1S/C19H19ClN4O2S/c1-12(15-5-3-4-6-16(15)20)21-17(25)11-24-18(22-23-19(24)27)13-7-9-14(26-2)10-8-13/h3-10,12H,11H2,1-2H3,(H,21,25)(H,23,27). The summed E-state index contributed by atoms with van der Waals surface area (Å²) in [5, 5.41) is 10.6. The molecule has 0 spiro atoms. The van der Waals surface area contributed by atoms with Crippen molar-refractivity contribution >= 4 is 29.7 Å². The zero-order valence-electron chi connectivity index (χ0n) is 14.9. The Hall–Kier alpha value is -2.64. The molecule has 1 amide bonds. The fourth-order valence-corrected chi connectivity index (χ4v) is 3.26. The van der Waals surface area contributed by atoms with Crippen molar-refractivity contribution in [2.24, 2.45) is 0 Å². The van der Waals surface area contributed by atoms with Crippen LogP contribution in [-0.4, -0.2) is 27.8 Å². The van der Waals surface area contributed by atoms with E-state index < -0.39 is 0 Å². The summed E-state index contributed by atoms with van der Waals surface area (Å²) in [6, 6.07) is 14.6. The molecule has 1 unspecified atom stereocenters. The fourth-order valence-electron chi connectivity index (χ4n) is 2.76. The van der Waals surface area contributed by atoms with Crippen molar-refractivity contribution < 1.29 is 9.53 Å². The van der Waals surface area contributed by atoms with Gasteiger partial charge < -0.3 is 10.1 Å². The molecule has 8 heteroatoms. The predicted molar refractivity (Wildman–Crippen MR) is 107 cm³/mol. The van der Waals surface area contributed by atoms with Gasteiger partial charge in [0.05, 0.1) is 13.2 Å². The number of ether oxygens (including phenoxy) is 1. The first-order chi connectivity index (χ1) is 13.0. The van der Waals surface area contributed by atoms with Crippen molar-refractivity contribution in [2.45, 2.75) is 19.5 Å². The van der Waals surface area contributed by atoms with Crippen molar-refractivity contribution in [3.05, 3.63) is 63.9 Å². The van der Waals surface area contributed by atoms with Gasteiger partial charge in [-0.15, -0.1) is 0 Å². The highest BCUT2D eigenvalue weighted by Gasteiger charge is 2.16. The number of amides is 1. The minimum atomic E-state index is -0.225. The van der Waals surface area contributed by atoms with Crippen LogP contribution >= 0.6 is 23.8 Å². The lowest BCUT2D eigenvalue weighted by Crippen LogP contribution is -2.30. The van der Waals surface area contributed by atoms with Crippen LogP contribution in [0.4, 0.5) is 0 Å². The average molecular weight is 403 g/mol. The minimum absolute atomic E-state index is 0.0471. The Kier molecular flexibility index (Phi) is 5.93. The average Bonchev–Trinajstić information content (AvgIpc) is 3.02. The lowest BCUT2D eigenvalue weighted by Gasteiger charge is -2.16. The van der Waals surface area contributed by atoms with Crippen molar-refractivity contribution in [1.29, 1.82) is 0 Å². The Labute approximate surface area is 167 Å². The molecule has 0 radical (unpaired) electrons. The lowest BCUT2D eigenvalue weighted by atomic mass is 10.1. The molecular formula is C19H19ClN4O2S. The van der Waals surface area contributed by atoms with Gasteiger partial charge in [-0.3, -0.25) is 14.5 Å². The maximum Gasteiger partial charge on any atom is 0.240 e. The molecule has 140 valence electrons. The van der Waals surface area contributed by atoms with Crippen LogP contribution in [-0.2, 0) is 11.3 Å². The molecule has 27 heavy (non-hydrogen) atoms. The number of carbonyl (C=O) groups excluding carboxylic acids is 1. The van der Waals surface area contributed by atoms with E-state index in [0.717, 1.165) is 16.9 Å². The van der Waals surface area contributed by atoms with Crippen molar-refractivity contribution in [1.82, 2.24) is 20.1 Å². The van der Waals surface area contributed by atoms with Gasteiger partial charge in [0, 0.05) is 10.6 Å². The second-order valence-corrected chi connectivity index (χ2v) is 6.77. The Bertz CT molecular complexity index is 997. The summed E-state index contributed by atoms with van der Waals surface area (Å²) < 4.78 is 7.20. The van der Waals surface area contributed by atoms with Crippen LogP contribution in [0.3, 0.4) is 0 Å². The molecule has 6 nitrogen and oxygen atoms in total. The third kappa shape index (κ3) is 4.37. The van der Waals surface area contributed by atoms with E-state index in [4.69, 9.17) is 28.6 Å². The third-order valence-corrected chi connectivity index (χ3v) is 4.81. The Morgan fingerprint density at radius 3 is 2.67 bits per heavy atom. The van der Waals surface area contributed by atoms with E-state index in [1.807, 2.05) is 49.4 Å². The highest BCUT2D eigenvalue weighted by atomic mass is 35.5. The van der Waals surface area contributed by atoms with Crippen LogP contribution in [0.25, 0.3) is 11.4 Å². The molecule has 3 rings (SSSR count). The summed E-state index contributed by atoms with van der Waals surface area (Å²) in [4.78, 5) is 12.6. The molecule has 0 aliphatic rings. The molecule has 0 fully saturated rings. The highest BCUT2D eigenvalue weighted by Crippen LogP contribution is 2.23. The molecule has 0 aliphatic heterocycles. The number of methoxy groups -OCH3 is 1. The molecule has 0 aliphatic carbocycles. The summed E-state index contributed by atoms with van der Waals surface area (Å²) >= 11 is 11.5. The molecule has 2 N–H and O–H groups in total. The van der Waals surface area contributed by atoms with Gasteiger partial charge in [0.1, 0.15) is 12.3 Å². The van der Waals surface area contributed by atoms with Gasteiger partial charge in [0.15, 0.2) is 10.6 Å². The number of carbonyl (C=O) groups is 1. The van der Waals surface area contributed by atoms with Crippen molar-refractivity contribution in [2.75, 3.05) is 7.11 Å². The van der Waals surface area contributed by atoms with E-state index in [9.17, 15) is 4.79 Å². The zero-order valence-corrected chi connectivity index (χ0v) is 16.5. The summed E-state index contributed by atoms with van der Waals surface area (Å²) in [7, 11) is 1.61. The predicted octanol–water partition coefficient (Wildman–Crippen LogP) is 4.15. The first-order valence-electron chi connectivity index (χ1n) is 8.33. The number of aromatic amines is 1. The maximum atomic E-state index is 12.6. The van der Waals surface area contributed by atoms with Crippen LogP contribution in [0.15, 0.2) is 48.5 Å². The molecule has 0 saturated heterocycles. The highest BCUT2D eigenvalue weighted by molar-refractivity contribution is 7.71. The SMILES string of the molecule is COc1ccc(-c2n[nH]c(=S)n2CC(=O)NC(C)c2ccccc2Cl)cc1. The Balaban J connectivity index is 1.77. The second-order valence-electron chi connectivity index (χ2n) is 5.98. The summed E-state index contributed by atoms with van der Waals surface area (Å²) in [5.41, 5.74) is 1.69. The zero-order chi connectivity index (χ0) is 19.4. The molecular weight excluding hydrogens is 384 g/mol. The number of aromatic nitrogens is 3. The van der Waals surface area contributed by atoms with E-state index in [2.05, 4.69) is 15.5 Å². The minimum Gasteiger partial charge on any atom is -0.497 e. The monoisotopic (exact) mass is 402 g/mol. The third-order valence-electron chi connectivity index (χ3n) is 4.16. The number of hydrogen-bond donors (Lipinski definition) is 2. The molecule has 1 aromatic heterocycles. The van der Waals surface area contributed by atoms with Gasteiger partial charge in [-0.2, -0.15) is 5.10 Å². The van der Waals surface area contributed by atoms with Gasteiger partial charge >= 0.3 is 0 Å². The van der Waals surface area contributed by atoms with Gasteiger partial charge in [-0.25, -0.2) is 0 Å². The largest absolute Gasteiger partial charge is 0.497 e. The lowest BCUT2D eigenvalue weighted by molar-refractivity contribution is -0.122. The fraction of sp³-hybridized carbons (Fsp3) is 0.211. The van der Waals surface area contributed by atoms with E-state index in [1.54, 1.807) is 17.7 Å². The van der Waals surface area contributed by atoms with E-state index in [-0.39, 0.29) is 18.5 Å². The number of hydrogen-bond acceptors (Lipinski definition) is 4. The molecule has 2 aromatic carbocycles. The normalized spacial score (nSPS) is 11.8. The molecule has 3 aromatic rings. The van der Waals surface area contributed by atoms with Crippen LogP contribution in [0.1, 0.15) is 18.5 Å². The topological polar surface area (TPSA) is 71.9 Å². The number of H-pyrrole nitrogens is 1. The van der Waals surface area contributed by atoms with Crippen LogP contribution in [0.2, 0.25) is 5.02 Å². The van der Waals surface area contributed by atoms with Gasteiger partial charge in [0.2, 0.25) is 5.91 Å². The smallest absolute Gasteiger partial charge is 0.240 e. The van der Waals surface area contributed by atoms with Crippen LogP contribution in [0, 0.1) is 4.77 Å². The Morgan fingerprint density at radius 1 is 1.30 bits per heavy atom. The summed E-state index contributed by atoms with van der Waals surface area (Å²) in [5.74, 6) is 1.14.